The molecule has 1 aliphatic carbocycles. The predicted molar refractivity (Wildman–Crippen MR) is 73.7 cm³/mol. The third-order valence-corrected chi connectivity index (χ3v) is 6.04. The molecular weight excluding hydrogens is 289 g/mol. The van der Waals surface area contributed by atoms with Crippen molar-refractivity contribution in [2.24, 2.45) is 0 Å². The molecule has 1 saturated carbocycles. The predicted octanol–water partition coefficient (Wildman–Crippen LogP) is 2.78. The number of nitrogens with one attached hydrogen (secondary N) is 1. The van der Waals surface area contributed by atoms with E-state index in [1.54, 1.807) is 0 Å². The third kappa shape index (κ3) is 3.09. The van der Waals surface area contributed by atoms with Gasteiger partial charge in [-0.3, -0.25) is 0 Å². The zero-order valence-corrected chi connectivity index (χ0v) is 12.3. The van der Waals surface area contributed by atoms with Gasteiger partial charge >= 0.3 is 0 Å². The molecule has 106 valence electrons. The highest BCUT2D eigenvalue weighted by Crippen LogP contribution is 2.31. The first-order valence-electron chi connectivity index (χ1n) is 6.37. The van der Waals surface area contributed by atoms with E-state index in [1.165, 1.54) is 12.1 Å². The van der Waals surface area contributed by atoms with Crippen molar-refractivity contribution in [2.75, 3.05) is 6.54 Å². The third-order valence-electron chi connectivity index (χ3n) is 3.54. The van der Waals surface area contributed by atoms with Crippen molar-refractivity contribution in [3.05, 3.63) is 29.0 Å². The average molecular weight is 306 g/mol. The fourth-order valence-electron chi connectivity index (χ4n) is 2.54. The Labute approximate surface area is 118 Å². The maximum atomic E-state index is 13.1. The lowest BCUT2D eigenvalue weighted by Gasteiger charge is -2.13. The van der Waals surface area contributed by atoms with Crippen molar-refractivity contribution in [1.29, 1.82) is 0 Å². The molecule has 6 heteroatoms. The molecule has 0 aromatic heterocycles. The molecule has 0 amide bonds. The van der Waals surface area contributed by atoms with Gasteiger partial charge in [0.25, 0.3) is 0 Å². The van der Waals surface area contributed by atoms with Crippen LogP contribution in [0.15, 0.2) is 23.1 Å². The SMILES string of the molecule is CCNC1CCC(S(=O)(=O)c2ccc(F)c(Cl)c2)C1. The van der Waals surface area contributed by atoms with Crippen LogP contribution in [0.5, 0.6) is 0 Å². The van der Waals surface area contributed by atoms with Gasteiger partial charge in [0.1, 0.15) is 5.82 Å². The van der Waals surface area contributed by atoms with E-state index in [2.05, 4.69) is 5.32 Å². The summed E-state index contributed by atoms with van der Waals surface area (Å²) in [6, 6.07) is 3.84. The summed E-state index contributed by atoms with van der Waals surface area (Å²) in [6.07, 6.45) is 2.09. The molecule has 0 saturated heterocycles. The molecule has 0 radical (unpaired) electrons. The Bertz CT molecular complexity index is 562. The van der Waals surface area contributed by atoms with Gasteiger partial charge in [0.05, 0.1) is 15.2 Å². The second kappa shape index (κ2) is 5.77. The molecule has 0 heterocycles. The van der Waals surface area contributed by atoms with Crippen molar-refractivity contribution in [2.45, 2.75) is 42.4 Å². The standard InChI is InChI=1S/C13H17ClFNO2S/c1-2-16-9-3-4-10(7-9)19(17,18)11-5-6-13(15)12(14)8-11/h5-6,8-10,16H,2-4,7H2,1H3. The van der Waals surface area contributed by atoms with Gasteiger partial charge in [-0.15, -0.1) is 0 Å². The monoisotopic (exact) mass is 305 g/mol. The second-order valence-corrected chi connectivity index (χ2v) is 7.45. The summed E-state index contributed by atoms with van der Waals surface area (Å²) in [5.41, 5.74) is 0. The highest BCUT2D eigenvalue weighted by Gasteiger charge is 2.35. The number of rotatable bonds is 4. The Morgan fingerprint density at radius 2 is 2.16 bits per heavy atom. The Morgan fingerprint density at radius 3 is 2.79 bits per heavy atom. The van der Waals surface area contributed by atoms with Crippen LogP contribution < -0.4 is 5.32 Å². The minimum absolute atomic E-state index is 0.112. The number of sulfone groups is 1. The Balaban J connectivity index is 2.21. The summed E-state index contributed by atoms with van der Waals surface area (Å²) in [5.74, 6) is -0.599. The first-order valence-corrected chi connectivity index (χ1v) is 8.30. The Morgan fingerprint density at radius 1 is 1.42 bits per heavy atom. The fraction of sp³-hybridized carbons (Fsp3) is 0.538. The normalized spacial score (nSPS) is 23.7. The van der Waals surface area contributed by atoms with Crippen molar-refractivity contribution in [1.82, 2.24) is 5.32 Å². The Hall–Kier alpha value is -0.650. The van der Waals surface area contributed by atoms with Gasteiger partial charge in [0.15, 0.2) is 9.84 Å². The van der Waals surface area contributed by atoms with Gasteiger partial charge in [-0.1, -0.05) is 18.5 Å². The van der Waals surface area contributed by atoms with Crippen LogP contribution in [0.3, 0.4) is 0 Å². The van der Waals surface area contributed by atoms with Crippen LogP contribution in [-0.4, -0.2) is 26.3 Å². The molecule has 0 spiro atoms. The second-order valence-electron chi connectivity index (χ2n) is 4.81. The molecule has 1 aromatic rings. The molecule has 0 aliphatic heterocycles. The van der Waals surface area contributed by atoms with Crippen molar-refractivity contribution in [3.63, 3.8) is 0 Å². The van der Waals surface area contributed by atoms with Crippen LogP contribution in [0.25, 0.3) is 0 Å². The van der Waals surface area contributed by atoms with Crippen LogP contribution in [0.2, 0.25) is 5.02 Å². The van der Waals surface area contributed by atoms with Gasteiger partial charge in [0.2, 0.25) is 0 Å². The van der Waals surface area contributed by atoms with E-state index < -0.39 is 20.9 Å². The quantitative estimate of drug-likeness (QED) is 0.870. The van der Waals surface area contributed by atoms with E-state index in [0.29, 0.717) is 12.8 Å². The van der Waals surface area contributed by atoms with E-state index in [0.717, 1.165) is 19.0 Å². The van der Waals surface area contributed by atoms with Crippen LogP contribution in [0.1, 0.15) is 26.2 Å². The van der Waals surface area contributed by atoms with E-state index >= 15 is 0 Å². The summed E-state index contributed by atoms with van der Waals surface area (Å²) in [5, 5.41) is 2.71. The fourth-order valence-corrected chi connectivity index (χ4v) is 4.64. The van der Waals surface area contributed by atoms with Crippen LogP contribution in [0, 0.1) is 5.82 Å². The van der Waals surface area contributed by atoms with Gasteiger partial charge in [0, 0.05) is 6.04 Å². The van der Waals surface area contributed by atoms with Crippen LogP contribution in [0.4, 0.5) is 4.39 Å². The van der Waals surface area contributed by atoms with Gasteiger partial charge in [-0.05, 0) is 44.0 Å². The number of halogens is 2. The maximum absolute atomic E-state index is 13.1. The minimum atomic E-state index is -3.42. The van der Waals surface area contributed by atoms with Crippen molar-refractivity contribution in [3.8, 4) is 0 Å². The minimum Gasteiger partial charge on any atom is -0.314 e. The topological polar surface area (TPSA) is 46.2 Å². The van der Waals surface area contributed by atoms with Gasteiger partial charge in [-0.25, -0.2) is 12.8 Å². The lowest BCUT2D eigenvalue weighted by Crippen LogP contribution is -2.28. The lowest BCUT2D eigenvalue weighted by molar-refractivity contribution is 0.537. The van der Waals surface area contributed by atoms with Gasteiger partial charge in [-0.2, -0.15) is 0 Å². The van der Waals surface area contributed by atoms with E-state index in [-0.39, 0.29) is 16.0 Å². The number of benzene rings is 1. The van der Waals surface area contributed by atoms with E-state index in [1.807, 2.05) is 6.92 Å². The molecule has 3 nitrogen and oxygen atoms in total. The zero-order chi connectivity index (χ0) is 14.0. The molecule has 1 aliphatic rings. The summed E-state index contributed by atoms with van der Waals surface area (Å²) in [6.45, 7) is 2.83. The summed E-state index contributed by atoms with van der Waals surface area (Å²) in [4.78, 5) is 0.112. The van der Waals surface area contributed by atoms with E-state index in [4.69, 9.17) is 11.6 Å². The molecular formula is C13H17ClFNO2S. The molecule has 1 N–H and O–H groups in total. The van der Waals surface area contributed by atoms with Crippen molar-refractivity contribution >= 4 is 21.4 Å². The molecule has 2 atom stereocenters. The smallest absolute Gasteiger partial charge is 0.181 e. The Kier molecular flexibility index (Phi) is 4.48. The molecule has 2 rings (SSSR count). The van der Waals surface area contributed by atoms with Crippen LogP contribution >= 0.6 is 11.6 Å². The van der Waals surface area contributed by atoms with Crippen LogP contribution in [-0.2, 0) is 9.84 Å². The molecule has 1 fully saturated rings. The highest BCUT2D eigenvalue weighted by atomic mass is 35.5. The summed E-state index contributed by atoms with van der Waals surface area (Å²) < 4.78 is 38.0. The largest absolute Gasteiger partial charge is 0.314 e. The molecule has 1 aromatic carbocycles. The summed E-state index contributed by atoms with van der Waals surface area (Å²) in [7, 11) is -3.42. The molecule has 0 bridgehead atoms. The van der Waals surface area contributed by atoms with E-state index in [9.17, 15) is 12.8 Å². The average Bonchev–Trinajstić information content (AvgIpc) is 2.82. The molecule has 2 unspecified atom stereocenters. The zero-order valence-electron chi connectivity index (χ0n) is 10.7. The molecule has 19 heavy (non-hydrogen) atoms. The summed E-state index contributed by atoms with van der Waals surface area (Å²) >= 11 is 5.65. The number of hydrogen-bond donors (Lipinski definition) is 1. The number of hydrogen-bond acceptors (Lipinski definition) is 3. The first-order chi connectivity index (χ1) is 8.95. The van der Waals surface area contributed by atoms with Crippen molar-refractivity contribution < 1.29 is 12.8 Å². The highest BCUT2D eigenvalue weighted by molar-refractivity contribution is 7.92. The van der Waals surface area contributed by atoms with Gasteiger partial charge < -0.3 is 5.32 Å². The lowest BCUT2D eigenvalue weighted by atomic mass is 10.2. The first kappa shape index (κ1) is 14.8. The maximum Gasteiger partial charge on any atom is 0.181 e.